The van der Waals surface area contributed by atoms with Gasteiger partial charge in [-0.1, -0.05) is 24.3 Å². The molecule has 156 valence electrons. The molecule has 2 heterocycles. The number of sulfonamides is 1. The van der Waals surface area contributed by atoms with E-state index in [4.69, 9.17) is 4.74 Å². The van der Waals surface area contributed by atoms with Crippen LogP contribution >= 0.6 is 0 Å². The predicted molar refractivity (Wildman–Crippen MR) is 117 cm³/mol. The van der Waals surface area contributed by atoms with E-state index in [2.05, 4.69) is 15.0 Å². The maximum Gasteiger partial charge on any atom is 0.261 e. The first-order valence-corrected chi connectivity index (χ1v) is 11.1. The Balaban J connectivity index is 1.42. The van der Waals surface area contributed by atoms with Crippen LogP contribution in [0.25, 0.3) is 10.9 Å². The summed E-state index contributed by atoms with van der Waals surface area (Å²) in [5.41, 5.74) is 2.11. The first kappa shape index (κ1) is 19.3. The van der Waals surface area contributed by atoms with Crippen LogP contribution in [0.1, 0.15) is 11.6 Å². The minimum atomic E-state index is -3.86. The van der Waals surface area contributed by atoms with Crippen LogP contribution in [-0.4, -0.2) is 20.0 Å². The molecule has 6 nitrogen and oxygen atoms in total. The molecule has 5 rings (SSSR count). The van der Waals surface area contributed by atoms with Gasteiger partial charge in [-0.3, -0.25) is 4.72 Å². The Bertz CT molecular complexity index is 1370. The van der Waals surface area contributed by atoms with Crippen LogP contribution in [-0.2, 0) is 10.0 Å². The number of nitrogens with one attached hydrogen (secondary N) is 2. The van der Waals surface area contributed by atoms with Crippen LogP contribution in [0.4, 0.5) is 15.9 Å². The van der Waals surface area contributed by atoms with Crippen LogP contribution in [0.3, 0.4) is 0 Å². The van der Waals surface area contributed by atoms with Crippen molar-refractivity contribution < 1.29 is 17.5 Å². The molecule has 0 radical (unpaired) electrons. The van der Waals surface area contributed by atoms with Crippen molar-refractivity contribution in [3.63, 3.8) is 0 Å². The molecule has 1 unspecified atom stereocenters. The molecule has 1 aliphatic rings. The van der Waals surface area contributed by atoms with Gasteiger partial charge < -0.3 is 10.1 Å². The average Bonchev–Trinajstić information content (AvgIpc) is 3.17. The monoisotopic (exact) mass is 435 g/mol. The lowest BCUT2D eigenvalue weighted by Crippen LogP contribution is -2.14. The lowest BCUT2D eigenvalue weighted by atomic mass is 10.1. The number of ether oxygens (including phenoxy) is 1. The fourth-order valence-electron chi connectivity index (χ4n) is 3.60. The van der Waals surface area contributed by atoms with Crippen molar-refractivity contribution in [1.29, 1.82) is 0 Å². The van der Waals surface area contributed by atoms with E-state index in [1.165, 1.54) is 12.1 Å². The van der Waals surface area contributed by atoms with Crippen LogP contribution in [0, 0.1) is 5.82 Å². The van der Waals surface area contributed by atoms with Gasteiger partial charge in [0.05, 0.1) is 22.1 Å². The number of aromatic nitrogens is 1. The van der Waals surface area contributed by atoms with E-state index in [9.17, 15) is 12.8 Å². The van der Waals surface area contributed by atoms with E-state index < -0.39 is 15.8 Å². The Kier molecular flexibility index (Phi) is 4.71. The number of nitrogens with zero attached hydrogens (tertiary/aromatic N) is 1. The van der Waals surface area contributed by atoms with Crippen molar-refractivity contribution in [1.82, 2.24) is 4.98 Å². The summed E-state index contributed by atoms with van der Waals surface area (Å²) in [5.74, 6) is 1.03. The molecule has 2 N–H and O–H groups in total. The summed E-state index contributed by atoms with van der Waals surface area (Å²) in [7, 11) is -3.86. The molecule has 4 aromatic rings. The molecule has 0 saturated carbocycles. The van der Waals surface area contributed by atoms with Crippen molar-refractivity contribution in [3.05, 3.63) is 90.2 Å². The van der Waals surface area contributed by atoms with E-state index >= 15 is 0 Å². The lowest BCUT2D eigenvalue weighted by molar-refractivity contribution is 0.339. The van der Waals surface area contributed by atoms with Gasteiger partial charge in [-0.15, -0.1) is 0 Å². The quantitative estimate of drug-likeness (QED) is 0.474. The third-order valence-electron chi connectivity index (χ3n) is 5.12. The van der Waals surface area contributed by atoms with Crippen LogP contribution in [0.2, 0.25) is 0 Å². The van der Waals surface area contributed by atoms with E-state index in [1.807, 2.05) is 36.4 Å². The Morgan fingerprint density at radius 2 is 1.74 bits per heavy atom. The number of para-hydroxylation sites is 1. The largest absolute Gasteiger partial charge is 0.491 e. The summed E-state index contributed by atoms with van der Waals surface area (Å²) in [6.45, 7) is 0.510. The molecule has 8 heteroatoms. The van der Waals surface area contributed by atoms with Crippen LogP contribution in [0.5, 0.6) is 5.75 Å². The zero-order valence-corrected chi connectivity index (χ0v) is 17.1. The molecule has 1 aromatic heterocycles. The van der Waals surface area contributed by atoms with Gasteiger partial charge in [0, 0.05) is 10.9 Å². The van der Waals surface area contributed by atoms with Gasteiger partial charge in [-0.2, -0.15) is 0 Å². The summed E-state index contributed by atoms with van der Waals surface area (Å²) >= 11 is 0. The van der Waals surface area contributed by atoms with Gasteiger partial charge in [-0.25, -0.2) is 17.8 Å². The lowest BCUT2D eigenvalue weighted by Gasteiger charge is -2.14. The number of rotatable bonds is 5. The van der Waals surface area contributed by atoms with Crippen molar-refractivity contribution in [2.45, 2.75) is 10.9 Å². The second kappa shape index (κ2) is 7.55. The number of halogens is 1. The molecule has 1 atom stereocenters. The van der Waals surface area contributed by atoms with Gasteiger partial charge in [0.2, 0.25) is 0 Å². The Labute approximate surface area is 178 Å². The molecule has 3 aromatic carbocycles. The number of benzene rings is 3. The molecule has 31 heavy (non-hydrogen) atoms. The molecule has 0 saturated heterocycles. The third-order valence-corrected chi connectivity index (χ3v) is 6.50. The zero-order valence-electron chi connectivity index (χ0n) is 16.2. The average molecular weight is 435 g/mol. The Hall–Kier alpha value is -3.65. The number of hydrogen-bond acceptors (Lipinski definition) is 5. The topological polar surface area (TPSA) is 80.3 Å². The number of pyridine rings is 1. The van der Waals surface area contributed by atoms with Gasteiger partial charge in [-0.05, 0) is 54.6 Å². The number of anilines is 2. The van der Waals surface area contributed by atoms with Crippen molar-refractivity contribution in [3.8, 4) is 5.75 Å². The molecule has 0 amide bonds. The maximum atomic E-state index is 13.1. The summed E-state index contributed by atoms with van der Waals surface area (Å²) in [5, 5.41) is 4.03. The maximum absolute atomic E-state index is 13.1. The number of hydrogen-bond donors (Lipinski definition) is 2. The van der Waals surface area contributed by atoms with E-state index in [-0.39, 0.29) is 10.9 Å². The molecule has 0 spiro atoms. The molecule has 0 bridgehead atoms. The smallest absolute Gasteiger partial charge is 0.261 e. The van der Waals surface area contributed by atoms with Crippen molar-refractivity contribution in [2.24, 2.45) is 0 Å². The summed E-state index contributed by atoms with van der Waals surface area (Å²) in [6.07, 6.45) is 0. The van der Waals surface area contributed by atoms with Gasteiger partial charge in [0.1, 0.15) is 24.0 Å². The summed E-state index contributed by atoms with van der Waals surface area (Å²) < 4.78 is 46.8. The first-order valence-electron chi connectivity index (χ1n) is 9.66. The summed E-state index contributed by atoms with van der Waals surface area (Å²) in [6, 6.07) is 21.4. The fourth-order valence-corrected chi connectivity index (χ4v) is 4.68. The Morgan fingerprint density at radius 3 is 2.58 bits per heavy atom. The van der Waals surface area contributed by atoms with Gasteiger partial charge >= 0.3 is 0 Å². The third kappa shape index (κ3) is 3.77. The van der Waals surface area contributed by atoms with Crippen LogP contribution in [0.15, 0.2) is 83.8 Å². The second-order valence-corrected chi connectivity index (χ2v) is 8.86. The zero-order chi connectivity index (χ0) is 21.4. The molecular weight excluding hydrogens is 417 g/mol. The highest BCUT2D eigenvalue weighted by Crippen LogP contribution is 2.34. The van der Waals surface area contributed by atoms with Gasteiger partial charge in [0.25, 0.3) is 10.0 Å². The normalized spacial score (nSPS) is 15.3. The molecule has 0 aliphatic carbocycles. The standard InChI is InChI=1S/C23H18FN3O3S/c24-15-8-10-16(11-9-15)31(28,29)27-20-6-3-5-19-17(20)12-13-23(25-19)26-21-14-30-22-7-2-1-4-18(21)22/h1-13,21,27H,14H2,(H,25,26). The number of fused-ring (bicyclic) bond motifs is 2. The van der Waals surface area contributed by atoms with E-state index in [1.54, 1.807) is 18.2 Å². The van der Waals surface area contributed by atoms with Crippen molar-refractivity contribution >= 4 is 32.4 Å². The van der Waals surface area contributed by atoms with E-state index in [0.717, 1.165) is 23.4 Å². The highest BCUT2D eigenvalue weighted by atomic mass is 32.2. The first-order chi connectivity index (χ1) is 15.0. The Morgan fingerprint density at radius 1 is 0.935 bits per heavy atom. The van der Waals surface area contributed by atoms with Crippen LogP contribution < -0.4 is 14.8 Å². The minimum absolute atomic E-state index is 0.0127. The second-order valence-electron chi connectivity index (χ2n) is 7.17. The summed E-state index contributed by atoms with van der Waals surface area (Å²) in [4.78, 5) is 4.62. The van der Waals surface area contributed by atoms with E-state index in [0.29, 0.717) is 29.0 Å². The molecular formula is C23H18FN3O3S. The molecule has 1 aliphatic heterocycles. The minimum Gasteiger partial charge on any atom is -0.491 e. The SMILES string of the molecule is O=S(=O)(Nc1cccc2nc(NC3COc4ccccc43)ccc12)c1ccc(F)cc1. The predicted octanol–water partition coefficient (Wildman–Crippen LogP) is 4.72. The highest BCUT2D eigenvalue weighted by Gasteiger charge is 2.24. The highest BCUT2D eigenvalue weighted by molar-refractivity contribution is 7.92. The molecule has 0 fully saturated rings. The fraction of sp³-hybridized carbons (Fsp3) is 0.0870. The van der Waals surface area contributed by atoms with Gasteiger partial charge in [0.15, 0.2) is 0 Å². The van der Waals surface area contributed by atoms with Crippen molar-refractivity contribution in [2.75, 3.05) is 16.6 Å².